The standard InChI is InChI=1S/C25H20FNO3S/c1-17-2-4-20(5-3-17)16-30-22-12-8-18(9-13-22)14-23-24(28)27(25(29)31-23)15-19-6-10-21(26)11-7-19/h2-14H,15-16H2,1H3/b23-14-. The second-order valence-electron chi connectivity index (χ2n) is 7.24. The minimum absolute atomic E-state index is 0.119. The summed E-state index contributed by atoms with van der Waals surface area (Å²) in [5.41, 5.74) is 3.79. The normalized spacial score (nSPS) is 15.0. The lowest BCUT2D eigenvalue weighted by molar-refractivity contribution is -0.123. The van der Waals surface area contributed by atoms with Gasteiger partial charge in [-0.3, -0.25) is 14.5 Å². The summed E-state index contributed by atoms with van der Waals surface area (Å²) in [4.78, 5) is 26.5. The zero-order chi connectivity index (χ0) is 21.8. The van der Waals surface area contributed by atoms with Crippen LogP contribution >= 0.6 is 11.8 Å². The van der Waals surface area contributed by atoms with Gasteiger partial charge in [0.05, 0.1) is 11.4 Å². The van der Waals surface area contributed by atoms with Crippen LogP contribution in [0.25, 0.3) is 6.08 Å². The molecule has 0 aliphatic carbocycles. The van der Waals surface area contributed by atoms with Crippen molar-refractivity contribution < 1.29 is 18.7 Å². The molecule has 4 nitrogen and oxygen atoms in total. The Hall–Kier alpha value is -3.38. The number of halogens is 1. The summed E-state index contributed by atoms with van der Waals surface area (Å²) < 4.78 is 18.9. The summed E-state index contributed by atoms with van der Waals surface area (Å²) >= 11 is 0.905. The van der Waals surface area contributed by atoms with E-state index in [-0.39, 0.29) is 23.5 Å². The summed E-state index contributed by atoms with van der Waals surface area (Å²) in [6, 6.07) is 21.3. The fourth-order valence-corrected chi connectivity index (χ4v) is 3.91. The molecule has 0 radical (unpaired) electrons. The highest BCUT2D eigenvalue weighted by Crippen LogP contribution is 2.33. The number of benzene rings is 3. The Morgan fingerprint density at radius 3 is 2.23 bits per heavy atom. The molecule has 1 aliphatic heterocycles. The third-order valence-corrected chi connectivity index (χ3v) is 5.74. The first-order valence-corrected chi connectivity index (χ1v) is 10.6. The summed E-state index contributed by atoms with van der Waals surface area (Å²) in [6.07, 6.45) is 1.69. The minimum atomic E-state index is -0.357. The Balaban J connectivity index is 1.39. The van der Waals surface area contributed by atoms with Crippen LogP contribution in [-0.4, -0.2) is 16.0 Å². The van der Waals surface area contributed by atoms with Gasteiger partial charge in [0.15, 0.2) is 0 Å². The number of thioether (sulfide) groups is 1. The molecule has 1 aliphatic rings. The number of hydrogen-bond acceptors (Lipinski definition) is 4. The van der Waals surface area contributed by atoms with E-state index >= 15 is 0 Å². The molecule has 1 heterocycles. The number of imide groups is 1. The van der Waals surface area contributed by atoms with Crippen LogP contribution in [-0.2, 0) is 17.9 Å². The monoisotopic (exact) mass is 433 g/mol. The molecule has 3 aromatic rings. The van der Waals surface area contributed by atoms with Gasteiger partial charge in [0.2, 0.25) is 0 Å². The molecule has 0 N–H and O–H groups in total. The maximum atomic E-state index is 13.1. The largest absolute Gasteiger partial charge is 0.489 e. The lowest BCUT2D eigenvalue weighted by atomic mass is 10.1. The van der Waals surface area contributed by atoms with E-state index in [0.717, 1.165) is 28.6 Å². The van der Waals surface area contributed by atoms with E-state index in [2.05, 4.69) is 0 Å². The molecular formula is C25H20FNO3S. The molecule has 0 aromatic heterocycles. The lowest BCUT2D eigenvalue weighted by Gasteiger charge is -2.12. The van der Waals surface area contributed by atoms with Crippen molar-refractivity contribution in [3.8, 4) is 5.75 Å². The van der Waals surface area contributed by atoms with E-state index in [1.807, 2.05) is 55.5 Å². The molecule has 2 amide bonds. The van der Waals surface area contributed by atoms with Gasteiger partial charge in [-0.15, -0.1) is 0 Å². The molecule has 3 aromatic carbocycles. The van der Waals surface area contributed by atoms with E-state index in [0.29, 0.717) is 17.1 Å². The van der Waals surface area contributed by atoms with E-state index in [9.17, 15) is 14.0 Å². The second kappa shape index (κ2) is 9.18. The first-order valence-electron chi connectivity index (χ1n) is 9.76. The third kappa shape index (κ3) is 5.22. The number of aryl methyl sites for hydroxylation is 1. The molecule has 0 saturated carbocycles. The van der Waals surface area contributed by atoms with Crippen molar-refractivity contribution in [2.24, 2.45) is 0 Å². The SMILES string of the molecule is Cc1ccc(COc2ccc(/C=C3\SC(=O)N(Cc4ccc(F)cc4)C3=O)cc2)cc1. The molecule has 1 fully saturated rings. The molecule has 0 spiro atoms. The molecule has 0 bridgehead atoms. The van der Waals surface area contributed by atoms with Crippen LogP contribution in [0.1, 0.15) is 22.3 Å². The van der Waals surface area contributed by atoms with Gasteiger partial charge in [-0.05, 0) is 65.7 Å². The zero-order valence-corrected chi connectivity index (χ0v) is 17.7. The van der Waals surface area contributed by atoms with Gasteiger partial charge < -0.3 is 4.74 Å². The van der Waals surface area contributed by atoms with Crippen LogP contribution < -0.4 is 4.74 Å². The number of carbonyl (C=O) groups is 2. The fraction of sp³-hybridized carbons (Fsp3) is 0.120. The van der Waals surface area contributed by atoms with Gasteiger partial charge in [-0.1, -0.05) is 54.1 Å². The number of carbonyl (C=O) groups excluding carboxylic acids is 2. The lowest BCUT2D eigenvalue weighted by Crippen LogP contribution is -2.27. The average Bonchev–Trinajstić information content (AvgIpc) is 3.03. The smallest absolute Gasteiger partial charge is 0.293 e. The fourth-order valence-electron chi connectivity index (χ4n) is 3.07. The van der Waals surface area contributed by atoms with Crippen LogP contribution in [0, 0.1) is 12.7 Å². The number of hydrogen-bond donors (Lipinski definition) is 0. The Morgan fingerprint density at radius 1 is 0.903 bits per heavy atom. The summed E-state index contributed by atoms with van der Waals surface area (Å²) in [7, 11) is 0. The first-order chi connectivity index (χ1) is 15.0. The van der Waals surface area contributed by atoms with Crippen molar-refractivity contribution in [3.05, 3.63) is 106 Å². The number of rotatable bonds is 6. The van der Waals surface area contributed by atoms with Crippen LogP contribution in [0.15, 0.2) is 77.7 Å². The Labute approximate surface area is 184 Å². The molecule has 4 rings (SSSR count). The molecule has 0 atom stereocenters. The highest BCUT2D eigenvalue weighted by Gasteiger charge is 2.34. The van der Waals surface area contributed by atoms with Crippen molar-refractivity contribution in [1.29, 1.82) is 0 Å². The van der Waals surface area contributed by atoms with Crippen molar-refractivity contribution >= 4 is 29.0 Å². The van der Waals surface area contributed by atoms with Crippen molar-refractivity contribution in [1.82, 2.24) is 4.90 Å². The molecule has 6 heteroatoms. The average molecular weight is 434 g/mol. The molecule has 0 unspecified atom stereocenters. The van der Waals surface area contributed by atoms with Gasteiger partial charge in [0.25, 0.3) is 11.1 Å². The predicted octanol–water partition coefficient (Wildman–Crippen LogP) is 5.95. The number of nitrogens with zero attached hydrogens (tertiary/aromatic N) is 1. The van der Waals surface area contributed by atoms with E-state index in [1.54, 1.807) is 18.2 Å². The summed E-state index contributed by atoms with van der Waals surface area (Å²) in [5.74, 6) is 0.0187. The third-order valence-electron chi connectivity index (χ3n) is 4.83. The highest BCUT2D eigenvalue weighted by molar-refractivity contribution is 8.18. The Morgan fingerprint density at radius 2 is 1.55 bits per heavy atom. The van der Waals surface area contributed by atoms with Gasteiger partial charge in [0.1, 0.15) is 18.2 Å². The van der Waals surface area contributed by atoms with Gasteiger partial charge >= 0.3 is 0 Å². The maximum Gasteiger partial charge on any atom is 0.293 e. The Kier molecular flexibility index (Phi) is 6.18. The summed E-state index contributed by atoms with van der Waals surface area (Å²) in [6.45, 7) is 2.64. The molecule has 156 valence electrons. The maximum absolute atomic E-state index is 13.1. The highest BCUT2D eigenvalue weighted by atomic mass is 32.2. The number of amides is 2. The quantitative estimate of drug-likeness (QED) is 0.451. The van der Waals surface area contributed by atoms with Crippen LogP contribution in [0.2, 0.25) is 0 Å². The van der Waals surface area contributed by atoms with E-state index < -0.39 is 0 Å². The number of ether oxygens (including phenoxy) is 1. The van der Waals surface area contributed by atoms with Gasteiger partial charge in [-0.25, -0.2) is 4.39 Å². The molecule has 31 heavy (non-hydrogen) atoms. The van der Waals surface area contributed by atoms with Crippen LogP contribution in [0.3, 0.4) is 0 Å². The van der Waals surface area contributed by atoms with Gasteiger partial charge in [-0.2, -0.15) is 0 Å². The van der Waals surface area contributed by atoms with Crippen molar-refractivity contribution in [2.75, 3.05) is 0 Å². The Bertz CT molecular complexity index is 1120. The minimum Gasteiger partial charge on any atom is -0.489 e. The predicted molar refractivity (Wildman–Crippen MR) is 120 cm³/mol. The van der Waals surface area contributed by atoms with E-state index in [1.165, 1.54) is 22.6 Å². The first kappa shape index (κ1) is 20.9. The van der Waals surface area contributed by atoms with Crippen LogP contribution in [0.4, 0.5) is 9.18 Å². The molecular weight excluding hydrogens is 413 g/mol. The molecule has 1 saturated heterocycles. The van der Waals surface area contributed by atoms with Crippen molar-refractivity contribution in [3.63, 3.8) is 0 Å². The summed E-state index contributed by atoms with van der Waals surface area (Å²) in [5, 5.41) is -0.335. The van der Waals surface area contributed by atoms with Crippen LogP contribution in [0.5, 0.6) is 5.75 Å². The zero-order valence-electron chi connectivity index (χ0n) is 16.9. The second-order valence-corrected chi connectivity index (χ2v) is 8.23. The van der Waals surface area contributed by atoms with E-state index in [4.69, 9.17) is 4.74 Å². The van der Waals surface area contributed by atoms with Crippen molar-refractivity contribution in [2.45, 2.75) is 20.1 Å². The van der Waals surface area contributed by atoms with Gasteiger partial charge in [0, 0.05) is 0 Å². The topological polar surface area (TPSA) is 46.6 Å².